The van der Waals surface area contributed by atoms with Crippen molar-refractivity contribution in [2.75, 3.05) is 16.8 Å². The third-order valence-corrected chi connectivity index (χ3v) is 6.54. The standard InChI is InChI=1S/C14H18BrFO2S/c1-10-6-14(16)3-2-11(10)7-13(8-15)12-4-5-19(17,18)9-12/h2-3,6,12-13H,4-5,7-9H2,1H3. The number of sulfone groups is 1. The molecular weight excluding hydrogens is 331 g/mol. The monoisotopic (exact) mass is 348 g/mol. The number of halogens is 2. The van der Waals surface area contributed by atoms with Crippen LogP contribution in [0.3, 0.4) is 0 Å². The molecule has 0 N–H and O–H groups in total. The predicted molar refractivity (Wildman–Crippen MR) is 78.9 cm³/mol. The molecule has 0 aromatic heterocycles. The second-order valence-electron chi connectivity index (χ2n) is 5.35. The highest BCUT2D eigenvalue weighted by molar-refractivity contribution is 9.09. The van der Waals surface area contributed by atoms with Crippen LogP contribution in [0.2, 0.25) is 0 Å². The lowest BCUT2D eigenvalue weighted by molar-refractivity contribution is 0.401. The summed E-state index contributed by atoms with van der Waals surface area (Å²) < 4.78 is 36.2. The first-order valence-corrected chi connectivity index (χ1v) is 9.37. The number of alkyl halides is 1. The molecule has 0 aliphatic carbocycles. The molecule has 5 heteroatoms. The first-order chi connectivity index (χ1) is 8.91. The van der Waals surface area contributed by atoms with E-state index in [0.29, 0.717) is 17.4 Å². The summed E-state index contributed by atoms with van der Waals surface area (Å²) in [6.45, 7) is 1.90. The van der Waals surface area contributed by atoms with Gasteiger partial charge in [-0.1, -0.05) is 22.0 Å². The summed E-state index contributed by atoms with van der Waals surface area (Å²) in [5.41, 5.74) is 2.04. The number of hydrogen-bond acceptors (Lipinski definition) is 2. The molecule has 0 saturated carbocycles. The van der Waals surface area contributed by atoms with Crippen molar-refractivity contribution in [1.82, 2.24) is 0 Å². The van der Waals surface area contributed by atoms with Crippen LogP contribution in [0.1, 0.15) is 17.5 Å². The maximum absolute atomic E-state index is 13.1. The van der Waals surface area contributed by atoms with Crippen LogP contribution in [0.5, 0.6) is 0 Å². The second-order valence-corrected chi connectivity index (χ2v) is 8.23. The van der Waals surface area contributed by atoms with E-state index in [-0.39, 0.29) is 11.7 Å². The summed E-state index contributed by atoms with van der Waals surface area (Å²) in [5.74, 6) is 0.892. The second kappa shape index (κ2) is 5.92. The lowest BCUT2D eigenvalue weighted by atomic mass is 9.87. The fourth-order valence-corrected chi connectivity index (χ4v) is 5.39. The van der Waals surface area contributed by atoms with Crippen molar-refractivity contribution in [3.05, 3.63) is 35.1 Å². The van der Waals surface area contributed by atoms with Gasteiger partial charge in [0.05, 0.1) is 11.5 Å². The average Bonchev–Trinajstić information content (AvgIpc) is 2.69. The number of rotatable bonds is 4. The molecule has 2 rings (SSSR count). The third kappa shape index (κ3) is 3.78. The number of hydrogen-bond donors (Lipinski definition) is 0. The van der Waals surface area contributed by atoms with E-state index in [2.05, 4.69) is 15.9 Å². The summed E-state index contributed by atoms with van der Waals surface area (Å²) in [4.78, 5) is 0. The zero-order valence-electron chi connectivity index (χ0n) is 10.9. The van der Waals surface area contributed by atoms with Crippen molar-refractivity contribution in [3.63, 3.8) is 0 Å². The van der Waals surface area contributed by atoms with Crippen LogP contribution in [0.4, 0.5) is 4.39 Å². The molecule has 2 nitrogen and oxygen atoms in total. The molecule has 2 unspecified atom stereocenters. The van der Waals surface area contributed by atoms with Gasteiger partial charge >= 0.3 is 0 Å². The third-order valence-electron chi connectivity index (χ3n) is 3.92. The van der Waals surface area contributed by atoms with Crippen molar-refractivity contribution in [2.24, 2.45) is 11.8 Å². The van der Waals surface area contributed by atoms with Gasteiger partial charge in [0.1, 0.15) is 5.82 Å². The normalized spacial score (nSPS) is 23.4. The van der Waals surface area contributed by atoms with Gasteiger partial charge in [-0.05, 0) is 54.9 Å². The predicted octanol–water partition coefficient (Wildman–Crippen LogP) is 3.12. The van der Waals surface area contributed by atoms with E-state index in [1.807, 2.05) is 13.0 Å². The fraction of sp³-hybridized carbons (Fsp3) is 0.571. The quantitative estimate of drug-likeness (QED) is 0.783. The van der Waals surface area contributed by atoms with E-state index < -0.39 is 9.84 Å². The molecule has 1 heterocycles. The molecule has 1 fully saturated rings. The SMILES string of the molecule is Cc1cc(F)ccc1CC(CBr)C1CCS(=O)(=O)C1. The summed E-state index contributed by atoms with van der Waals surface area (Å²) in [6, 6.07) is 4.81. The highest BCUT2D eigenvalue weighted by Crippen LogP contribution is 2.30. The topological polar surface area (TPSA) is 34.1 Å². The van der Waals surface area contributed by atoms with Crippen LogP contribution in [0, 0.1) is 24.6 Å². The number of aryl methyl sites for hydroxylation is 1. The molecule has 0 amide bonds. The van der Waals surface area contributed by atoms with Gasteiger partial charge in [0.2, 0.25) is 0 Å². The van der Waals surface area contributed by atoms with E-state index in [9.17, 15) is 12.8 Å². The zero-order valence-corrected chi connectivity index (χ0v) is 13.3. The Labute approximate surface area is 122 Å². The zero-order chi connectivity index (χ0) is 14.0. The van der Waals surface area contributed by atoms with Gasteiger partial charge in [0.15, 0.2) is 9.84 Å². The molecule has 1 aromatic carbocycles. The van der Waals surface area contributed by atoms with Gasteiger partial charge in [0.25, 0.3) is 0 Å². The van der Waals surface area contributed by atoms with Crippen molar-refractivity contribution in [2.45, 2.75) is 19.8 Å². The van der Waals surface area contributed by atoms with Crippen LogP contribution >= 0.6 is 15.9 Å². The minimum absolute atomic E-state index is 0.217. The van der Waals surface area contributed by atoms with Crippen LogP contribution < -0.4 is 0 Å². The van der Waals surface area contributed by atoms with Crippen molar-refractivity contribution in [3.8, 4) is 0 Å². The first kappa shape index (κ1) is 15.0. The van der Waals surface area contributed by atoms with E-state index in [1.165, 1.54) is 12.1 Å². The summed E-state index contributed by atoms with van der Waals surface area (Å²) in [6.07, 6.45) is 1.55. The van der Waals surface area contributed by atoms with Crippen LogP contribution in [0.25, 0.3) is 0 Å². The van der Waals surface area contributed by atoms with Gasteiger partial charge in [-0.25, -0.2) is 12.8 Å². The molecule has 1 aromatic rings. The molecule has 1 aliphatic rings. The Morgan fingerprint density at radius 1 is 1.47 bits per heavy atom. The molecular formula is C14H18BrFO2S. The lowest BCUT2D eigenvalue weighted by Crippen LogP contribution is -2.20. The molecule has 1 saturated heterocycles. The molecule has 106 valence electrons. The van der Waals surface area contributed by atoms with Crippen molar-refractivity contribution >= 4 is 25.8 Å². The minimum Gasteiger partial charge on any atom is -0.229 e. The van der Waals surface area contributed by atoms with Crippen LogP contribution in [-0.2, 0) is 16.3 Å². The average molecular weight is 349 g/mol. The van der Waals surface area contributed by atoms with Crippen LogP contribution in [0.15, 0.2) is 18.2 Å². The van der Waals surface area contributed by atoms with Gasteiger partial charge in [0, 0.05) is 5.33 Å². The highest BCUT2D eigenvalue weighted by atomic mass is 79.9. The van der Waals surface area contributed by atoms with Gasteiger partial charge in [-0.2, -0.15) is 0 Å². The summed E-state index contributed by atoms with van der Waals surface area (Å²) >= 11 is 3.49. The maximum Gasteiger partial charge on any atom is 0.150 e. The Hall–Kier alpha value is -0.420. The Morgan fingerprint density at radius 2 is 2.21 bits per heavy atom. The van der Waals surface area contributed by atoms with E-state index in [1.54, 1.807) is 0 Å². The Balaban J connectivity index is 2.11. The largest absolute Gasteiger partial charge is 0.229 e. The summed E-state index contributed by atoms with van der Waals surface area (Å²) in [5, 5.41) is 0.782. The minimum atomic E-state index is -2.84. The van der Waals surface area contributed by atoms with Crippen LogP contribution in [-0.4, -0.2) is 25.3 Å². The Morgan fingerprint density at radius 3 is 2.74 bits per heavy atom. The Bertz CT molecular complexity index is 557. The molecule has 0 spiro atoms. The van der Waals surface area contributed by atoms with E-state index in [4.69, 9.17) is 0 Å². The van der Waals surface area contributed by atoms with Gasteiger partial charge in [-0.3, -0.25) is 0 Å². The highest BCUT2D eigenvalue weighted by Gasteiger charge is 2.33. The molecule has 0 bridgehead atoms. The lowest BCUT2D eigenvalue weighted by Gasteiger charge is -2.21. The molecule has 1 aliphatic heterocycles. The van der Waals surface area contributed by atoms with E-state index in [0.717, 1.165) is 29.3 Å². The summed E-state index contributed by atoms with van der Waals surface area (Å²) in [7, 11) is -2.84. The first-order valence-electron chi connectivity index (χ1n) is 6.42. The van der Waals surface area contributed by atoms with Gasteiger partial charge < -0.3 is 0 Å². The smallest absolute Gasteiger partial charge is 0.150 e. The maximum atomic E-state index is 13.1. The van der Waals surface area contributed by atoms with Crippen molar-refractivity contribution in [1.29, 1.82) is 0 Å². The Kier molecular flexibility index (Phi) is 4.66. The number of benzene rings is 1. The molecule has 19 heavy (non-hydrogen) atoms. The van der Waals surface area contributed by atoms with Gasteiger partial charge in [-0.15, -0.1) is 0 Å². The molecule has 2 atom stereocenters. The fourth-order valence-electron chi connectivity index (χ4n) is 2.71. The van der Waals surface area contributed by atoms with Crippen molar-refractivity contribution < 1.29 is 12.8 Å². The molecule has 0 radical (unpaired) electrons. The van der Waals surface area contributed by atoms with E-state index >= 15 is 0 Å².